The van der Waals surface area contributed by atoms with Crippen LogP contribution in [0.25, 0.3) is 0 Å². The van der Waals surface area contributed by atoms with E-state index in [0.29, 0.717) is 6.61 Å². The average molecular weight is 217 g/mol. The van der Waals surface area contributed by atoms with E-state index in [0.717, 1.165) is 22.6 Å². The highest BCUT2D eigenvalue weighted by molar-refractivity contribution is 5.39. The lowest BCUT2D eigenvalue weighted by Crippen LogP contribution is -1.99. The van der Waals surface area contributed by atoms with Crippen LogP contribution in [0.5, 0.6) is 5.75 Å². The Bertz CT molecular complexity index is 471. The number of aryl methyl sites for hydroxylation is 3. The van der Waals surface area contributed by atoms with Crippen LogP contribution in [-0.4, -0.2) is 15.0 Å². The number of hydrogen-bond donors (Lipinski definition) is 0. The summed E-state index contributed by atoms with van der Waals surface area (Å²) in [7, 11) is 1.84. The largest absolute Gasteiger partial charge is 0.487 e. The van der Waals surface area contributed by atoms with E-state index in [2.05, 4.69) is 10.3 Å². The molecule has 4 nitrogen and oxygen atoms in total. The molecule has 0 bridgehead atoms. The summed E-state index contributed by atoms with van der Waals surface area (Å²) in [6, 6.07) is 6.11. The Hall–Kier alpha value is -1.84. The maximum absolute atomic E-state index is 5.75. The first kappa shape index (κ1) is 10.7. The molecule has 0 saturated heterocycles. The molecule has 0 atom stereocenters. The Morgan fingerprint density at radius 3 is 2.50 bits per heavy atom. The second kappa shape index (κ2) is 4.35. The van der Waals surface area contributed by atoms with Gasteiger partial charge in [-0.2, -0.15) is 0 Å². The monoisotopic (exact) mass is 217 g/mol. The fourth-order valence-electron chi connectivity index (χ4n) is 1.63. The van der Waals surface area contributed by atoms with Crippen LogP contribution in [0.2, 0.25) is 0 Å². The Morgan fingerprint density at radius 1 is 1.25 bits per heavy atom. The lowest BCUT2D eigenvalue weighted by molar-refractivity contribution is 0.297. The molecule has 0 aliphatic rings. The smallest absolute Gasteiger partial charge is 0.134 e. The van der Waals surface area contributed by atoms with Gasteiger partial charge in [-0.15, -0.1) is 5.10 Å². The average Bonchev–Trinajstić information content (AvgIpc) is 2.63. The zero-order chi connectivity index (χ0) is 11.5. The van der Waals surface area contributed by atoms with Gasteiger partial charge in [0.1, 0.15) is 18.1 Å². The summed E-state index contributed by atoms with van der Waals surface area (Å²) in [6.07, 6.45) is 1.85. The van der Waals surface area contributed by atoms with E-state index < -0.39 is 0 Å². The van der Waals surface area contributed by atoms with E-state index in [4.69, 9.17) is 4.74 Å². The van der Waals surface area contributed by atoms with Gasteiger partial charge in [0.2, 0.25) is 0 Å². The molecule has 0 N–H and O–H groups in total. The van der Waals surface area contributed by atoms with Crippen LogP contribution >= 0.6 is 0 Å². The SMILES string of the molecule is Cc1cccc(C)c1OCc1cn(C)nn1. The molecule has 0 aliphatic carbocycles. The highest BCUT2D eigenvalue weighted by Crippen LogP contribution is 2.22. The molecule has 0 aliphatic heterocycles. The maximum Gasteiger partial charge on any atom is 0.134 e. The zero-order valence-corrected chi connectivity index (χ0v) is 9.77. The van der Waals surface area contributed by atoms with Crippen LogP contribution in [0.3, 0.4) is 0 Å². The third-order valence-electron chi connectivity index (χ3n) is 2.42. The summed E-state index contributed by atoms with van der Waals surface area (Å²) in [4.78, 5) is 0. The minimum absolute atomic E-state index is 0.458. The van der Waals surface area contributed by atoms with Gasteiger partial charge >= 0.3 is 0 Å². The summed E-state index contributed by atoms with van der Waals surface area (Å²) >= 11 is 0. The van der Waals surface area contributed by atoms with Gasteiger partial charge in [-0.25, -0.2) is 0 Å². The molecular formula is C12H15N3O. The molecule has 1 aromatic heterocycles. The Morgan fingerprint density at radius 2 is 1.94 bits per heavy atom. The van der Waals surface area contributed by atoms with Crippen LogP contribution in [0.4, 0.5) is 0 Å². The standard InChI is InChI=1S/C12H15N3O/c1-9-5-4-6-10(2)12(9)16-8-11-7-15(3)14-13-11/h4-7H,8H2,1-3H3. The molecule has 1 heterocycles. The van der Waals surface area contributed by atoms with Crippen molar-refractivity contribution >= 4 is 0 Å². The van der Waals surface area contributed by atoms with Crippen LogP contribution in [0.15, 0.2) is 24.4 Å². The maximum atomic E-state index is 5.75. The number of ether oxygens (including phenoxy) is 1. The third kappa shape index (κ3) is 2.21. The van der Waals surface area contributed by atoms with Crippen LogP contribution in [0.1, 0.15) is 16.8 Å². The Labute approximate surface area is 94.9 Å². The molecule has 0 saturated carbocycles. The quantitative estimate of drug-likeness (QED) is 0.789. The highest BCUT2D eigenvalue weighted by atomic mass is 16.5. The number of para-hydroxylation sites is 1. The van der Waals surface area contributed by atoms with Crippen LogP contribution < -0.4 is 4.74 Å². The number of hydrogen-bond acceptors (Lipinski definition) is 3. The number of aromatic nitrogens is 3. The molecule has 1 aromatic carbocycles. The molecular weight excluding hydrogens is 202 g/mol. The predicted octanol–water partition coefficient (Wildman–Crippen LogP) is 2.01. The normalized spacial score (nSPS) is 10.4. The first-order chi connectivity index (χ1) is 7.66. The van der Waals surface area contributed by atoms with Crippen molar-refractivity contribution in [2.45, 2.75) is 20.5 Å². The fraction of sp³-hybridized carbons (Fsp3) is 0.333. The van der Waals surface area contributed by atoms with Crippen molar-refractivity contribution in [3.63, 3.8) is 0 Å². The molecule has 16 heavy (non-hydrogen) atoms. The van der Waals surface area contributed by atoms with Gasteiger partial charge in [-0.1, -0.05) is 23.4 Å². The van der Waals surface area contributed by atoms with Gasteiger partial charge in [-0.05, 0) is 25.0 Å². The van der Waals surface area contributed by atoms with Gasteiger partial charge < -0.3 is 4.74 Å². The van der Waals surface area contributed by atoms with Gasteiger partial charge in [0.05, 0.1) is 6.20 Å². The van der Waals surface area contributed by atoms with Crippen molar-refractivity contribution in [3.05, 3.63) is 41.2 Å². The third-order valence-corrected chi connectivity index (χ3v) is 2.42. The van der Waals surface area contributed by atoms with Crippen molar-refractivity contribution in [2.75, 3.05) is 0 Å². The summed E-state index contributed by atoms with van der Waals surface area (Å²) in [6.45, 7) is 4.54. The van der Waals surface area contributed by atoms with Gasteiger partial charge in [-0.3, -0.25) is 4.68 Å². The van der Waals surface area contributed by atoms with Crippen molar-refractivity contribution in [1.82, 2.24) is 15.0 Å². The summed E-state index contributed by atoms with van der Waals surface area (Å²) in [5.41, 5.74) is 3.12. The first-order valence-corrected chi connectivity index (χ1v) is 5.21. The lowest BCUT2D eigenvalue weighted by atomic mass is 10.1. The number of nitrogens with zero attached hydrogens (tertiary/aromatic N) is 3. The summed E-state index contributed by atoms with van der Waals surface area (Å²) < 4.78 is 7.42. The lowest BCUT2D eigenvalue weighted by Gasteiger charge is -2.10. The van der Waals surface area contributed by atoms with Crippen molar-refractivity contribution in [3.8, 4) is 5.75 Å². The van der Waals surface area contributed by atoms with E-state index in [-0.39, 0.29) is 0 Å². The van der Waals surface area contributed by atoms with Gasteiger partial charge in [0.15, 0.2) is 0 Å². The first-order valence-electron chi connectivity index (χ1n) is 5.21. The van der Waals surface area contributed by atoms with E-state index in [1.807, 2.05) is 45.3 Å². The molecule has 0 radical (unpaired) electrons. The van der Waals surface area contributed by atoms with Crippen molar-refractivity contribution in [1.29, 1.82) is 0 Å². The van der Waals surface area contributed by atoms with E-state index in [1.165, 1.54) is 0 Å². The van der Waals surface area contributed by atoms with Crippen LogP contribution in [0, 0.1) is 13.8 Å². The van der Waals surface area contributed by atoms with Crippen molar-refractivity contribution < 1.29 is 4.74 Å². The molecule has 0 amide bonds. The minimum Gasteiger partial charge on any atom is -0.487 e. The van der Waals surface area contributed by atoms with Crippen LogP contribution in [-0.2, 0) is 13.7 Å². The topological polar surface area (TPSA) is 39.9 Å². The second-order valence-electron chi connectivity index (χ2n) is 3.89. The predicted molar refractivity (Wildman–Crippen MR) is 61.3 cm³/mol. The highest BCUT2D eigenvalue weighted by Gasteiger charge is 2.05. The fourth-order valence-corrected chi connectivity index (χ4v) is 1.63. The van der Waals surface area contributed by atoms with E-state index in [9.17, 15) is 0 Å². The Kier molecular flexibility index (Phi) is 2.90. The second-order valence-corrected chi connectivity index (χ2v) is 3.89. The van der Waals surface area contributed by atoms with E-state index in [1.54, 1.807) is 4.68 Å². The minimum atomic E-state index is 0.458. The summed E-state index contributed by atoms with van der Waals surface area (Å²) in [5.74, 6) is 0.938. The molecule has 0 unspecified atom stereocenters. The zero-order valence-electron chi connectivity index (χ0n) is 9.77. The Balaban J connectivity index is 2.10. The molecule has 2 rings (SSSR count). The molecule has 0 fully saturated rings. The number of rotatable bonds is 3. The van der Waals surface area contributed by atoms with Gasteiger partial charge in [0.25, 0.3) is 0 Å². The van der Waals surface area contributed by atoms with Gasteiger partial charge in [0, 0.05) is 7.05 Å². The van der Waals surface area contributed by atoms with E-state index >= 15 is 0 Å². The molecule has 4 heteroatoms. The summed E-state index contributed by atoms with van der Waals surface area (Å²) in [5, 5.41) is 7.84. The molecule has 84 valence electrons. The number of benzene rings is 1. The van der Waals surface area contributed by atoms with Crippen molar-refractivity contribution in [2.24, 2.45) is 7.05 Å². The molecule has 2 aromatic rings. The molecule has 0 spiro atoms.